The van der Waals surface area contributed by atoms with Crippen LogP contribution in [0.25, 0.3) is 0 Å². The molecule has 0 aromatic heterocycles. The molecule has 0 bridgehead atoms. The van der Waals surface area contributed by atoms with E-state index in [0.717, 1.165) is 20.7 Å². The average molecular weight is 352 g/mol. The van der Waals surface area contributed by atoms with Gasteiger partial charge >= 0.3 is 0 Å². The number of hydrogen-bond donors (Lipinski definition) is 2. The third-order valence-electron chi connectivity index (χ3n) is 2.78. The van der Waals surface area contributed by atoms with Gasteiger partial charge in [-0.15, -0.1) is 12.6 Å². The summed E-state index contributed by atoms with van der Waals surface area (Å²) in [7, 11) is 1.62. The predicted octanol–water partition coefficient (Wildman–Crippen LogP) is 3.68. The highest BCUT2D eigenvalue weighted by molar-refractivity contribution is 9.10. The van der Waals surface area contributed by atoms with Gasteiger partial charge in [-0.3, -0.25) is 4.79 Å². The number of carbonyl (C=O) groups is 1. The van der Waals surface area contributed by atoms with Gasteiger partial charge in [-0.1, -0.05) is 12.1 Å². The molecule has 0 saturated heterocycles. The molecule has 0 aliphatic heterocycles. The van der Waals surface area contributed by atoms with Crippen LogP contribution in [0.4, 0.5) is 0 Å². The van der Waals surface area contributed by atoms with Gasteiger partial charge in [-0.05, 0) is 51.8 Å². The van der Waals surface area contributed by atoms with E-state index in [1.54, 1.807) is 13.2 Å². The molecule has 0 saturated carbocycles. The summed E-state index contributed by atoms with van der Waals surface area (Å²) >= 11 is 7.61. The zero-order valence-electron chi connectivity index (χ0n) is 10.9. The summed E-state index contributed by atoms with van der Waals surface area (Å²) in [4.78, 5) is 12.9. The zero-order chi connectivity index (χ0) is 14.5. The smallest absolute Gasteiger partial charge is 0.252 e. The Morgan fingerprint density at radius 2 is 2.10 bits per heavy atom. The highest BCUT2D eigenvalue weighted by Crippen LogP contribution is 2.20. The molecule has 0 unspecified atom stereocenters. The number of amides is 1. The monoisotopic (exact) mass is 351 g/mol. The fourth-order valence-electron chi connectivity index (χ4n) is 1.75. The predicted molar refractivity (Wildman–Crippen MR) is 85.6 cm³/mol. The molecular weight excluding hydrogens is 338 g/mol. The molecule has 2 aromatic carbocycles. The number of methoxy groups -OCH3 is 1. The third-order valence-corrected chi connectivity index (χ3v) is 3.75. The van der Waals surface area contributed by atoms with Crippen LogP contribution in [0.1, 0.15) is 15.9 Å². The molecule has 0 heterocycles. The largest absolute Gasteiger partial charge is 0.497 e. The van der Waals surface area contributed by atoms with Crippen molar-refractivity contribution in [3.63, 3.8) is 0 Å². The van der Waals surface area contributed by atoms with E-state index in [4.69, 9.17) is 4.74 Å². The molecule has 0 aliphatic rings. The van der Waals surface area contributed by atoms with E-state index in [9.17, 15) is 4.79 Å². The Hall–Kier alpha value is -1.46. The first-order valence-corrected chi connectivity index (χ1v) is 7.24. The number of ether oxygens (including phenoxy) is 1. The number of carbonyl (C=O) groups excluding carboxylic acids is 1. The van der Waals surface area contributed by atoms with Crippen LogP contribution in [0.5, 0.6) is 5.75 Å². The number of rotatable bonds is 4. The van der Waals surface area contributed by atoms with Gasteiger partial charge in [0.2, 0.25) is 0 Å². The second kappa shape index (κ2) is 6.81. The third kappa shape index (κ3) is 3.77. The normalized spacial score (nSPS) is 10.2. The van der Waals surface area contributed by atoms with Crippen LogP contribution in [0, 0.1) is 0 Å². The fraction of sp³-hybridized carbons (Fsp3) is 0.133. The Morgan fingerprint density at radius 1 is 1.30 bits per heavy atom. The highest BCUT2D eigenvalue weighted by Gasteiger charge is 2.10. The summed E-state index contributed by atoms with van der Waals surface area (Å²) in [6.07, 6.45) is 0. The number of nitrogens with one attached hydrogen (secondary N) is 1. The molecule has 20 heavy (non-hydrogen) atoms. The maximum absolute atomic E-state index is 12.1. The highest BCUT2D eigenvalue weighted by atomic mass is 79.9. The Morgan fingerprint density at radius 3 is 2.85 bits per heavy atom. The van der Waals surface area contributed by atoms with Gasteiger partial charge in [-0.25, -0.2) is 0 Å². The van der Waals surface area contributed by atoms with E-state index < -0.39 is 0 Å². The quantitative estimate of drug-likeness (QED) is 0.824. The van der Waals surface area contributed by atoms with Crippen LogP contribution in [0.15, 0.2) is 51.8 Å². The van der Waals surface area contributed by atoms with Gasteiger partial charge in [0.1, 0.15) is 5.75 Å². The van der Waals surface area contributed by atoms with Crippen LogP contribution in [0.3, 0.4) is 0 Å². The van der Waals surface area contributed by atoms with Crippen LogP contribution < -0.4 is 10.1 Å². The van der Waals surface area contributed by atoms with E-state index in [0.29, 0.717) is 12.1 Å². The first-order valence-electron chi connectivity index (χ1n) is 6.00. The minimum atomic E-state index is -0.143. The van der Waals surface area contributed by atoms with Crippen molar-refractivity contribution in [2.45, 2.75) is 11.4 Å². The van der Waals surface area contributed by atoms with E-state index in [1.807, 2.05) is 36.4 Å². The molecule has 3 nitrogen and oxygen atoms in total. The van der Waals surface area contributed by atoms with E-state index in [1.165, 1.54) is 0 Å². The molecule has 2 rings (SSSR count). The van der Waals surface area contributed by atoms with Gasteiger partial charge in [0, 0.05) is 15.9 Å². The van der Waals surface area contributed by atoms with Crippen molar-refractivity contribution in [2.75, 3.05) is 7.11 Å². The lowest BCUT2D eigenvalue weighted by molar-refractivity contribution is 0.0950. The van der Waals surface area contributed by atoms with E-state index >= 15 is 0 Å². The van der Waals surface area contributed by atoms with Crippen LogP contribution in [0.2, 0.25) is 0 Å². The lowest BCUT2D eigenvalue weighted by Crippen LogP contribution is -2.23. The molecule has 0 radical (unpaired) electrons. The van der Waals surface area contributed by atoms with Crippen LogP contribution >= 0.6 is 28.6 Å². The molecule has 2 aromatic rings. The maximum Gasteiger partial charge on any atom is 0.252 e. The maximum atomic E-state index is 12.1. The topological polar surface area (TPSA) is 38.3 Å². The Bertz CT molecular complexity index is 631. The molecular formula is C15H14BrNO2S. The SMILES string of the molecule is COc1cccc(CNC(=O)c2cc(S)ccc2Br)c1. The minimum Gasteiger partial charge on any atom is -0.497 e. The van der Waals surface area contributed by atoms with Crippen LogP contribution in [-0.2, 0) is 6.54 Å². The van der Waals surface area contributed by atoms with Gasteiger partial charge < -0.3 is 10.1 Å². The van der Waals surface area contributed by atoms with Crippen molar-refractivity contribution in [1.29, 1.82) is 0 Å². The molecule has 104 valence electrons. The van der Waals surface area contributed by atoms with Crippen molar-refractivity contribution in [2.24, 2.45) is 0 Å². The van der Waals surface area contributed by atoms with Crippen molar-refractivity contribution >= 4 is 34.5 Å². The van der Waals surface area contributed by atoms with Crippen molar-refractivity contribution in [1.82, 2.24) is 5.32 Å². The van der Waals surface area contributed by atoms with Gasteiger partial charge in [0.05, 0.1) is 12.7 Å². The van der Waals surface area contributed by atoms with E-state index in [-0.39, 0.29) is 5.91 Å². The molecule has 5 heteroatoms. The fourth-order valence-corrected chi connectivity index (χ4v) is 2.38. The first kappa shape index (κ1) is 14.9. The summed E-state index contributed by atoms with van der Waals surface area (Å²) in [5.41, 5.74) is 1.55. The molecule has 0 fully saturated rings. The van der Waals surface area contributed by atoms with Crippen LogP contribution in [-0.4, -0.2) is 13.0 Å². The van der Waals surface area contributed by atoms with Gasteiger partial charge in [-0.2, -0.15) is 0 Å². The first-order chi connectivity index (χ1) is 9.60. The summed E-state index contributed by atoms with van der Waals surface area (Å²) < 4.78 is 5.90. The lowest BCUT2D eigenvalue weighted by atomic mass is 10.2. The molecule has 0 aliphatic carbocycles. The standard InChI is InChI=1S/C15H14BrNO2S/c1-19-11-4-2-3-10(7-11)9-17-15(18)13-8-12(20)5-6-14(13)16/h2-8,20H,9H2,1H3,(H,17,18). The second-order valence-electron chi connectivity index (χ2n) is 4.20. The van der Waals surface area contributed by atoms with Gasteiger partial charge in [0.25, 0.3) is 5.91 Å². The summed E-state index contributed by atoms with van der Waals surface area (Å²) in [6, 6.07) is 13.0. The number of benzene rings is 2. The second-order valence-corrected chi connectivity index (χ2v) is 5.57. The summed E-state index contributed by atoms with van der Waals surface area (Å²) in [5, 5.41) is 2.88. The Kier molecular flexibility index (Phi) is 5.09. The van der Waals surface area contributed by atoms with Crippen molar-refractivity contribution < 1.29 is 9.53 Å². The van der Waals surface area contributed by atoms with Crippen molar-refractivity contribution in [3.8, 4) is 5.75 Å². The Labute approximate surface area is 131 Å². The zero-order valence-corrected chi connectivity index (χ0v) is 13.4. The molecule has 1 N–H and O–H groups in total. The number of hydrogen-bond acceptors (Lipinski definition) is 3. The van der Waals surface area contributed by atoms with Gasteiger partial charge in [0.15, 0.2) is 0 Å². The number of thiol groups is 1. The molecule has 0 atom stereocenters. The Balaban J connectivity index is 2.06. The summed E-state index contributed by atoms with van der Waals surface area (Å²) in [6.45, 7) is 0.444. The minimum absolute atomic E-state index is 0.143. The molecule has 1 amide bonds. The summed E-state index contributed by atoms with van der Waals surface area (Å²) in [5.74, 6) is 0.630. The van der Waals surface area contributed by atoms with E-state index in [2.05, 4.69) is 33.9 Å². The average Bonchev–Trinajstić information content (AvgIpc) is 2.47. The number of halogens is 1. The molecule has 0 spiro atoms. The lowest BCUT2D eigenvalue weighted by Gasteiger charge is -2.08. The van der Waals surface area contributed by atoms with Crippen molar-refractivity contribution in [3.05, 3.63) is 58.1 Å².